The van der Waals surface area contributed by atoms with E-state index >= 15 is 0 Å². The highest BCUT2D eigenvalue weighted by Gasteiger charge is 2.08. The van der Waals surface area contributed by atoms with Crippen molar-refractivity contribution in [2.24, 2.45) is 0 Å². The second kappa shape index (κ2) is 7.17. The van der Waals surface area contributed by atoms with Gasteiger partial charge in [0.25, 0.3) is 10.1 Å². The molecule has 1 aliphatic heterocycles. The smallest absolute Gasteiger partial charge is 0.294 e. The molecule has 1 aliphatic rings. The Hall–Kier alpha value is -1.22. The molecule has 0 unspecified atom stereocenters. The van der Waals surface area contributed by atoms with Gasteiger partial charge in [0.1, 0.15) is 0 Å². The van der Waals surface area contributed by atoms with Crippen LogP contribution in [0.5, 0.6) is 0 Å². The van der Waals surface area contributed by atoms with Crippen molar-refractivity contribution in [1.82, 2.24) is 5.32 Å². The van der Waals surface area contributed by atoms with Crippen LogP contribution in [0.4, 0.5) is 0 Å². The summed E-state index contributed by atoms with van der Waals surface area (Å²) in [4.78, 5) is -0.0666. The average molecular weight is 333 g/mol. The number of rotatable bonds is 2. The minimum Gasteiger partial charge on any atom is -0.313 e. The van der Waals surface area contributed by atoms with E-state index in [2.05, 4.69) is 5.32 Å². The van der Waals surface area contributed by atoms with Gasteiger partial charge in [-0.3, -0.25) is 4.55 Å². The molecule has 1 heterocycles. The lowest BCUT2D eigenvalue weighted by Gasteiger charge is -1.95. The molecule has 118 valence electrons. The van der Waals surface area contributed by atoms with Crippen molar-refractivity contribution < 1.29 is 21.4 Å². The monoisotopic (exact) mass is 333 g/mol. The van der Waals surface area contributed by atoms with E-state index in [4.69, 9.17) is 4.55 Å². The van der Waals surface area contributed by atoms with Crippen LogP contribution in [-0.2, 0) is 20.0 Å². The van der Waals surface area contributed by atoms with Crippen LogP contribution in [0.2, 0.25) is 0 Å². The van der Waals surface area contributed by atoms with E-state index in [0.29, 0.717) is 0 Å². The van der Waals surface area contributed by atoms with E-state index in [1.54, 1.807) is 12.1 Å². The van der Waals surface area contributed by atoms with E-state index in [9.17, 15) is 16.8 Å². The van der Waals surface area contributed by atoms with E-state index in [1.165, 1.54) is 23.8 Å². The van der Waals surface area contributed by atoms with Gasteiger partial charge in [-0.1, -0.05) is 17.7 Å². The molecular weight excluding hydrogens is 314 g/mol. The Morgan fingerprint density at radius 3 is 2.10 bits per heavy atom. The summed E-state index contributed by atoms with van der Waals surface area (Å²) >= 11 is 0. The van der Waals surface area contributed by atoms with Gasteiger partial charge in [-0.05, 0) is 37.6 Å². The van der Waals surface area contributed by atoms with Gasteiger partial charge in [-0.15, -0.1) is 0 Å². The Morgan fingerprint density at radius 1 is 1.14 bits per heavy atom. The Labute approximate surface area is 125 Å². The van der Waals surface area contributed by atoms with Gasteiger partial charge in [-0.2, -0.15) is 8.42 Å². The van der Waals surface area contributed by atoms with Gasteiger partial charge in [0, 0.05) is 18.2 Å². The Kier molecular flexibility index (Phi) is 6.09. The molecule has 1 saturated heterocycles. The fraction of sp³-hybridized carbons (Fsp3) is 0.385. The quantitative estimate of drug-likeness (QED) is 0.788. The van der Waals surface area contributed by atoms with Crippen LogP contribution >= 0.6 is 0 Å². The molecule has 2 rings (SSSR count). The predicted octanol–water partition coefficient (Wildman–Crippen LogP) is 1.15. The third kappa shape index (κ3) is 7.37. The molecule has 0 bridgehead atoms. The molecule has 8 heteroatoms. The number of aryl methyl sites for hydroxylation is 1. The van der Waals surface area contributed by atoms with E-state index in [0.717, 1.165) is 30.6 Å². The molecule has 1 aromatic carbocycles. The lowest BCUT2D eigenvalue weighted by molar-refractivity contribution is 0.483. The van der Waals surface area contributed by atoms with Crippen LogP contribution in [-0.4, -0.2) is 40.7 Å². The summed E-state index contributed by atoms with van der Waals surface area (Å²) in [5.41, 5.74) is 1.94. The zero-order valence-corrected chi connectivity index (χ0v) is 13.5. The molecule has 1 fully saturated rings. The fourth-order valence-corrected chi connectivity index (χ4v) is 2.99. The number of nitrogens with one attached hydrogen (secondary N) is 1. The van der Waals surface area contributed by atoms with Gasteiger partial charge in [0.05, 0.1) is 4.90 Å². The third-order valence-corrected chi connectivity index (χ3v) is 4.30. The summed E-state index contributed by atoms with van der Waals surface area (Å²) < 4.78 is 50.9. The van der Waals surface area contributed by atoms with Gasteiger partial charge in [0.2, 0.25) is 0 Å². The predicted molar refractivity (Wildman–Crippen MR) is 81.4 cm³/mol. The highest BCUT2D eigenvalue weighted by molar-refractivity contribution is 7.93. The van der Waals surface area contributed by atoms with Crippen LogP contribution in [0.15, 0.2) is 40.1 Å². The standard InChI is InChI=1S/C7H8O3S.C6H11NO2S/c1-6-2-4-7(5-3-6)11(8,9)10;1-10(8,9)5-6-2-3-7-4-6/h2-5H,1H3,(H,8,9,10);5,7H,2-4H2,1H3. The summed E-state index contributed by atoms with van der Waals surface area (Å²) in [6, 6.07) is 5.99. The first-order valence-corrected chi connectivity index (χ1v) is 9.62. The zero-order chi connectivity index (χ0) is 16.1. The first kappa shape index (κ1) is 17.8. The van der Waals surface area contributed by atoms with E-state index in [-0.39, 0.29) is 4.90 Å². The second-order valence-electron chi connectivity index (χ2n) is 4.82. The third-order valence-electron chi connectivity index (χ3n) is 2.67. The zero-order valence-electron chi connectivity index (χ0n) is 11.9. The summed E-state index contributed by atoms with van der Waals surface area (Å²) in [5.74, 6) is 0. The summed E-state index contributed by atoms with van der Waals surface area (Å²) in [5, 5.41) is 4.42. The van der Waals surface area contributed by atoms with Crippen molar-refractivity contribution in [3.8, 4) is 0 Å². The SMILES string of the molecule is CS(=O)(=O)C=C1CCNC1.Cc1ccc(S(=O)(=O)O)cc1. The molecule has 2 N–H and O–H groups in total. The molecular formula is C13H19NO5S2. The number of hydrogen-bond donors (Lipinski definition) is 2. The second-order valence-corrected chi connectivity index (χ2v) is 8.14. The van der Waals surface area contributed by atoms with Gasteiger partial charge in [0.15, 0.2) is 9.84 Å². The molecule has 0 aliphatic carbocycles. The maximum Gasteiger partial charge on any atom is 0.294 e. The first-order valence-electron chi connectivity index (χ1n) is 6.22. The Balaban J connectivity index is 0.000000211. The molecule has 0 aromatic heterocycles. The summed E-state index contributed by atoms with van der Waals surface area (Å²) in [6.07, 6.45) is 2.09. The van der Waals surface area contributed by atoms with Crippen molar-refractivity contribution >= 4 is 20.0 Å². The van der Waals surface area contributed by atoms with Crippen molar-refractivity contribution in [2.45, 2.75) is 18.2 Å². The minimum absolute atomic E-state index is 0.0666. The number of benzene rings is 1. The minimum atomic E-state index is -4.02. The van der Waals surface area contributed by atoms with Gasteiger partial charge in [-0.25, -0.2) is 8.42 Å². The van der Waals surface area contributed by atoms with Crippen LogP contribution in [0.3, 0.4) is 0 Å². The summed E-state index contributed by atoms with van der Waals surface area (Å²) in [7, 11) is -6.93. The van der Waals surface area contributed by atoms with Crippen LogP contribution in [0.1, 0.15) is 12.0 Å². The van der Waals surface area contributed by atoms with E-state index in [1.807, 2.05) is 6.92 Å². The molecule has 1 aromatic rings. The molecule has 0 saturated carbocycles. The van der Waals surface area contributed by atoms with E-state index < -0.39 is 20.0 Å². The maximum absolute atomic E-state index is 10.7. The fourth-order valence-electron chi connectivity index (χ4n) is 1.70. The average Bonchev–Trinajstić information content (AvgIpc) is 2.79. The van der Waals surface area contributed by atoms with Crippen molar-refractivity contribution in [1.29, 1.82) is 0 Å². The molecule has 21 heavy (non-hydrogen) atoms. The van der Waals surface area contributed by atoms with Crippen molar-refractivity contribution in [2.75, 3.05) is 19.3 Å². The largest absolute Gasteiger partial charge is 0.313 e. The Morgan fingerprint density at radius 2 is 1.71 bits per heavy atom. The number of sulfone groups is 1. The topological polar surface area (TPSA) is 101 Å². The molecule has 0 spiro atoms. The van der Waals surface area contributed by atoms with Crippen LogP contribution in [0.25, 0.3) is 0 Å². The highest BCUT2D eigenvalue weighted by atomic mass is 32.2. The highest BCUT2D eigenvalue weighted by Crippen LogP contribution is 2.08. The van der Waals surface area contributed by atoms with Crippen molar-refractivity contribution in [3.63, 3.8) is 0 Å². The van der Waals surface area contributed by atoms with Crippen molar-refractivity contribution in [3.05, 3.63) is 40.8 Å². The maximum atomic E-state index is 10.7. The Bertz CT molecular complexity index is 695. The molecule has 0 radical (unpaired) electrons. The first-order chi connectivity index (χ1) is 9.58. The number of hydrogen-bond acceptors (Lipinski definition) is 5. The summed E-state index contributed by atoms with van der Waals surface area (Å²) in [6.45, 7) is 3.47. The molecule has 0 amide bonds. The van der Waals surface area contributed by atoms with Crippen LogP contribution in [0, 0.1) is 6.92 Å². The van der Waals surface area contributed by atoms with Gasteiger partial charge >= 0.3 is 0 Å². The van der Waals surface area contributed by atoms with Gasteiger partial charge < -0.3 is 5.32 Å². The lowest BCUT2D eigenvalue weighted by atomic mass is 10.2. The molecule has 6 nitrogen and oxygen atoms in total. The lowest BCUT2D eigenvalue weighted by Crippen LogP contribution is -2.05. The van der Waals surface area contributed by atoms with Crippen LogP contribution < -0.4 is 5.32 Å². The molecule has 0 atom stereocenters. The normalized spacial score (nSPS) is 17.4.